The summed E-state index contributed by atoms with van der Waals surface area (Å²) in [4.78, 5) is 0. The minimum absolute atomic E-state index is 0.359. The first-order chi connectivity index (χ1) is 17.3. The molecule has 0 heterocycles. The maximum Gasteiger partial charge on any atom is 0.0468 e. The molecule has 0 aliphatic carbocycles. The Morgan fingerprint density at radius 1 is 0.429 bits per heavy atom. The molecule has 0 spiro atoms. The third kappa shape index (κ3) is 3.54. The second kappa shape index (κ2) is 9.08. The Balaban J connectivity index is 1.83. The molecule has 0 unspecified atom stereocenters. The SMILES string of the molecule is [B-]CCCC(c1cccc2ccccc12)(c1cccc2ccccc12)c1cccc2ccccc12. The molecule has 0 atom stereocenters. The molecule has 6 aromatic carbocycles. The maximum atomic E-state index is 6.21. The van der Waals surface area contributed by atoms with Crippen LogP contribution in [0.3, 0.4) is 0 Å². The molecule has 0 aliphatic heterocycles. The molecule has 3 radical (unpaired) electrons. The van der Waals surface area contributed by atoms with E-state index in [0.29, 0.717) is 6.32 Å². The highest BCUT2D eigenvalue weighted by Crippen LogP contribution is 2.49. The van der Waals surface area contributed by atoms with Crippen LogP contribution in [-0.2, 0) is 5.41 Å². The molecule has 6 rings (SSSR count). The Bertz CT molecular complexity index is 1440. The quantitative estimate of drug-likeness (QED) is 0.177. The van der Waals surface area contributed by atoms with Gasteiger partial charge in [-0.1, -0.05) is 134 Å². The van der Waals surface area contributed by atoms with Gasteiger partial charge in [-0.15, -0.1) is 0 Å². The van der Waals surface area contributed by atoms with E-state index in [-0.39, 0.29) is 5.41 Å². The average molecular weight is 446 g/mol. The van der Waals surface area contributed by atoms with Gasteiger partial charge in [0.05, 0.1) is 0 Å². The summed E-state index contributed by atoms with van der Waals surface area (Å²) in [5.41, 5.74) is 3.67. The molecule has 0 fully saturated rings. The van der Waals surface area contributed by atoms with Crippen LogP contribution in [0, 0.1) is 0 Å². The van der Waals surface area contributed by atoms with Gasteiger partial charge in [0.15, 0.2) is 0 Å². The third-order valence-electron chi connectivity index (χ3n) is 7.50. The van der Waals surface area contributed by atoms with Gasteiger partial charge in [0, 0.05) is 5.41 Å². The minimum Gasteiger partial charge on any atom is -0.626 e. The van der Waals surface area contributed by atoms with Crippen molar-refractivity contribution in [2.24, 2.45) is 0 Å². The average Bonchev–Trinajstić information content (AvgIpc) is 2.93. The fourth-order valence-corrected chi connectivity index (χ4v) is 6.00. The predicted molar refractivity (Wildman–Crippen MR) is 152 cm³/mol. The maximum absolute atomic E-state index is 6.21. The van der Waals surface area contributed by atoms with Crippen LogP contribution in [0.1, 0.15) is 29.5 Å². The van der Waals surface area contributed by atoms with Crippen LogP contribution in [0.25, 0.3) is 32.3 Å². The second-order valence-corrected chi connectivity index (χ2v) is 9.38. The molecule has 0 aliphatic rings. The van der Waals surface area contributed by atoms with Crippen LogP contribution in [0.2, 0.25) is 6.32 Å². The first-order valence-corrected chi connectivity index (χ1v) is 12.5. The zero-order valence-electron chi connectivity index (χ0n) is 19.8. The van der Waals surface area contributed by atoms with Gasteiger partial charge in [-0.05, 0) is 55.4 Å². The van der Waals surface area contributed by atoms with Gasteiger partial charge < -0.3 is 7.85 Å². The minimum atomic E-state index is -0.359. The van der Waals surface area contributed by atoms with Crippen LogP contribution in [0.15, 0.2) is 127 Å². The fourth-order valence-electron chi connectivity index (χ4n) is 6.00. The van der Waals surface area contributed by atoms with Gasteiger partial charge in [0.25, 0.3) is 0 Å². The van der Waals surface area contributed by atoms with Crippen molar-refractivity contribution in [3.63, 3.8) is 0 Å². The fraction of sp³-hybridized carbons (Fsp3) is 0.118. The lowest BCUT2D eigenvalue weighted by molar-refractivity contribution is 0.562. The van der Waals surface area contributed by atoms with Crippen molar-refractivity contribution < 1.29 is 0 Å². The molecular formula is C34H27B-. The third-order valence-corrected chi connectivity index (χ3v) is 7.50. The molecule has 0 N–H and O–H groups in total. The molecule has 0 amide bonds. The molecule has 0 nitrogen and oxygen atoms in total. The van der Waals surface area contributed by atoms with E-state index in [1.54, 1.807) is 0 Å². The molecular weight excluding hydrogens is 419 g/mol. The van der Waals surface area contributed by atoms with Crippen molar-refractivity contribution in [2.45, 2.75) is 24.6 Å². The topological polar surface area (TPSA) is 0 Å². The number of hydrogen-bond donors (Lipinski definition) is 0. The molecule has 1 heteroatoms. The number of hydrogen-bond acceptors (Lipinski definition) is 0. The van der Waals surface area contributed by atoms with E-state index >= 15 is 0 Å². The van der Waals surface area contributed by atoms with E-state index in [9.17, 15) is 0 Å². The van der Waals surface area contributed by atoms with E-state index in [1.807, 2.05) is 0 Å². The van der Waals surface area contributed by atoms with E-state index in [2.05, 4.69) is 127 Å². The summed E-state index contributed by atoms with van der Waals surface area (Å²) in [5, 5.41) is 7.70. The Morgan fingerprint density at radius 3 is 1.14 bits per heavy atom. The van der Waals surface area contributed by atoms with Gasteiger partial charge in [0.2, 0.25) is 0 Å². The Labute approximate surface area is 208 Å². The Kier molecular flexibility index (Phi) is 5.62. The summed E-state index contributed by atoms with van der Waals surface area (Å²) in [6.45, 7) is 0. The van der Waals surface area contributed by atoms with Crippen LogP contribution >= 0.6 is 0 Å². The smallest absolute Gasteiger partial charge is 0.0468 e. The lowest BCUT2D eigenvalue weighted by Crippen LogP contribution is -2.30. The van der Waals surface area contributed by atoms with E-state index in [0.717, 1.165) is 12.8 Å². The van der Waals surface area contributed by atoms with Gasteiger partial charge in [-0.25, -0.2) is 0 Å². The largest absolute Gasteiger partial charge is 0.626 e. The van der Waals surface area contributed by atoms with Gasteiger partial charge in [-0.3, -0.25) is 6.32 Å². The Morgan fingerprint density at radius 2 is 0.771 bits per heavy atom. The van der Waals surface area contributed by atoms with Crippen molar-refractivity contribution >= 4 is 40.2 Å². The highest BCUT2D eigenvalue weighted by molar-refractivity contribution is 6.08. The summed E-state index contributed by atoms with van der Waals surface area (Å²) in [6, 6.07) is 46.7. The highest BCUT2D eigenvalue weighted by atomic mass is 14.4. The predicted octanol–water partition coefficient (Wildman–Crippen LogP) is 8.85. The first-order valence-electron chi connectivity index (χ1n) is 12.5. The van der Waals surface area contributed by atoms with E-state index in [1.165, 1.54) is 49.0 Å². The summed E-state index contributed by atoms with van der Waals surface area (Å²) in [6.07, 6.45) is 2.51. The van der Waals surface area contributed by atoms with E-state index < -0.39 is 0 Å². The summed E-state index contributed by atoms with van der Waals surface area (Å²) in [5.74, 6) is 0. The van der Waals surface area contributed by atoms with Gasteiger partial charge >= 0.3 is 0 Å². The molecule has 167 valence electrons. The summed E-state index contributed by atoms with van der Waals surface area (Å²) in [7, 11) is 6.21. The molecule has 35 heavy (non-hydrogen) atoms. The highest BCUT2D eigenvalue weighted by Gasteiger charge is 2.38. The number of rotatable bonds is 6. The van der Waals surface area contributed by atoms with Crippen molar-refractivity contribution in [1.29, 1.82) is 0 Å². The number of fused-ring (bicyclic) bond motifs is 3. The first kappa shape index (κ1) is 21.7. The zero-order chi connectivity index (χ0) is 23.7. The summed E-state index contributed by atoms with van der Waals surface area (Å²) >= 11 is 0. The second-order valence-electron chi connectivity index (χ2n) is 9.38. The molecule has 0 saturated carbocycles. The molecule has 0 aromatic heterocycles. The van der Waals surface area contributed by atoms with Crippen molar-refractivity contribution in [3.8, 4) is 0 Å². The standard InChI is InChI=1S/C34H27B/c35-24-10-23-34(31-20-7-14-25-11-1-4-17-28(25)31,32-21-8-15-26-12-2-5-18-29(26)32)33-22-9-16-27-13-3-6-19-30(27)33/h1-9,11-22H,10,23-24H2/q-1. The molecule has 0 saturated heterocycles. The lowest BCUT2D eigenvalue weighted by atomic mass is 9.63. The summed E-state index contributed by atoms with van der Waals surface area (Å²) < 4.78 is 0. The van der Waals surface area contributed by atoms with Crippen molar-refractivity contribution in [1.82, 2.24) is 0 Å². The zero-order valence-corrected chi connectivity index (χ0v) is 19.8. The molecule has 0 bridgehead atoms. The van der Waals surface area contributed by atoms with Crippen LogP contribution < -0.4 is 0 Å². The van der Waals surface area contributed by atoms with Gasteiger partial charge in [-0.2, -0.15) is 0 Å². The normalized spacial score (nSPS) is 11.9. The molecule has 6 aromatic rings. The van der Waals surface area contributed by atoms with Crippen LogP contribution in [0.4, 0.5) is 0 Å². The van der Waals surface area contributed by atoms with E-state index in [4.69, 9.17) is 7.85 Å². The van der Waals surface area contributed by atoms with Crippen LogP contribution in [-0.4, -0.2) is 7.85 Å². The monoisotopic (exact) mass is 446 g/mol. The Hall–Kier alpha value is -3.84. The van der Waals surface area contributed by atoms with Crippen molar-refractivity contribution in [3.05, 3.63) is 144 Å². The number of benzene rings is 6. The lowest BCUT2D eigenvalue weighted by Gasteiger charge is -2.39. The van der Waals surface area contributed by atoms with Gasteiger partial charge in [0.1, 0.15) is 0 Å². The van der Waals surface area contributed by atoms with Crippen molar-refractivity contribution in [2.75, 3.05) is 0 Å². The van der Waals surface area contributed by atoms with Crippen LogP contribution in [0.5, 0.6) is 0 Å².